The topological polar surface area (TPSA) is 71.7 Å². The van der Waals surface area contributed by atoms with E-state index in [2.05, 4.69) is 10.5 Å². The molecule has 1 aromatic rings. The van der Waals surface area contributed by atoms with Crippen LogP contribution in [0.5, 0.6) is 0 Å². The Morgan fingerprint density at radius 3 is 3.09 bits per heavy atom. The third-order valence-electron chi connectivity index (χ3n) is 3.39. The van der Waals surface area contributed by atoms with Crippen LogP contribution in [0.4, 0.5) is 5.69 Å². The molecule has 6 nitrogen and oxygen atoms in total. The molecule has 2 heterocycles. The lowest BCUT2D eigenvalue weighted by Gasteiger charge is -2.32. The van der Waals surface area contributed by atoms with Crippen molar-refractivity contribution in [2.75, 3.05) is 10.7 Å². The number of amides is 1. The van der Waals surface area contributed by atoms with Crippen molar-refractivity contribution in [3.8, 4) is 6.07 Å². The normalized spacial score (nSPS) is 19.6. The molecule has 1 aromatic carbocycles. The largest absolute Gasteiger partial charge is 0.294 e. The van der Waals surface area contributed by atoms with Gasteiger partial charge in [0, 0.05) is 17.4 Å². The number of amidine groups is 1. The Kier molecular flexibility index (Phi) is 3.96. The van der Waals surface area contributed by atoms with Gasteiger partial charge in [-0.1, -0.05) is 29.4 Å². The molecule has 0 aromatic heterocycles. The quantitative estimate of drug-likeness (QED) is 0.898. The van der Waals surface area contributed by atoms with E-state index in [1.54, 1.807) is 28.3 Å². The van der Waals surface area contributed by atoms with Gasteiger partial charge in [0.25, 0.3) is 5.91 Å². The van der Waals surface area contributed by atoms with Crippen LogP contribution in [0.3, 0.4) is 0 Å². The Morgan fingerprint density at radius 2 is 2.32 bits per heavy atom. The van der Waals surface area contributed by atoms with E-state index in [4.69, 9.17) is 16.9 Å². The zero-order chi connectivity index (χ0) is 15.7. The lowest BCUT2D eigenvalue weighted by Crippen LogP contribution is -2.52. The highest BCUT2D eigenvalue weighted by Gasteiger charge is 2.38. The van der Waals surface area contributed by atoms with Gasteiger partial charge < -0.3 is 0 Å². The summed E-state index contributed by atoms with van der Waals surface area (Å²) < 4.78 is 0. The molecule has 8 heteroatoms. The van der Waals surface area contributed by atoms with Crippen molar-refractivity contribution in [1.29, 1.82) is 5.26 Å². The standard InChI is InChI=1S/C14H12ClN5OS/c1-9-10(15)3-2-4-11(9)19-6-7-20-12(13(19)21)17-18-14(20)22-8-5-16/h2-4,6-7,12,17H,8H2,1H3. The fourth-order valence-electron chi connectivity index (χ4n) is 2.27. The molecule has 1 unspecified atom stereocenters. The Bertz CT molecular complexity index is 726. The van der Waals surface area contributed by atoms with E-state index < -0.39 is 6.17 Å². The first-order chi connectivity index (χ1) is 10.6. The van der Waals surface area contributed by atoms with Gasteiger partial charge in [-0.25, -0.2) is 0 Å². The second kappa shape index (κ2) is 5.91. The third-order valence-corrected chi connectivity index (χ3v) is 4.64. The first-order valence-corrected chi connectivity index (χ1v) is 7.87. The molecule has 0 aliphatic carbocycles. The zero-order valence-corrected chi connectivity index (χ0v) is 13.2. The second-order valence-electron chi connectivity index (χ2n) is 4.67. The van der Waals surface area contributed by atoms with Gasteiger partial charge in [0.1, 0.15) is 0 Å². The van der Waals surface area contributed by atoms with Gasteiger partial charge in [0.2, 0.25) is 6.17 Å². The summed E-state index contributed by atoms with van der Waals surface area (Å²) in [6, 6.07) is 7.49. The molecule has 3 rings (SSSR count). The summed E-state index contributed by atoms with van der Waals surface area (Å²) in [4.78, 5) is 16.0. The van der Waals surface area contributed by atoms with Crippen LogP contribution in [-0.4, -0.2) is 27.9 Å². The number of benzene rings is 1. The molecule has 0 radical (unpaired) electrons. The summed E-state index contributed by atoms with van der Waals surface area (Å²) in [6.45, 7) is 1.87. The highest BCUT2D eigenvalue weighted by molar-refractivity contribution is 8.14. The maximum absolute atomic E-state index is 12.7. The van der Waals surface area contributed by atoms with E-state index >= 15 is 0 Å². The fourth-order valence-corrected chi connectivity index (χ4v) is 3.07. The highest BCUT2D eigenvalue weighted by Crippen LogP contribution is 2.30. The number of fused-ring (bicyclic) bond motifs is 1. The summed E-state index contributed by atoms with van der Waals surface area (Å²) in [5.74, 6) is 0.132. The molecule has 1 atom stereocenters. The molecule has 0 saturated carbocycles. The van der Waals surface area contributed by atoms with E-state index in [9.17, 15) is 4.79 Å². The van der Waals surface area contributed by atoms with Crippen molar-refractivity contribution in [3.05, 3.63) is 41.2 Å². The van der Waals surface area contributed by atoms with Crippen LogP contribution < -0.4 is 10.3 Å². The Hall–Kier alpha value is -2.17. The number of hydrogen-bond acceptors (Lipinski definition) is 6. The molecule has 0 spiro atoms. The predicted molar refractivity (Wildman–Crippen MR) is 87.1 cm³/mol. The van der Waals surface area contributed by atoms with Crippen LogP contribution in [0.2, 0.25) is 5.02 Å². The molecule has 1 N–H and O–H groups in total. The van der Waals surface area contributed by atoms with E-state index in [0.29, 0.717) is 10.2 Å². The number of nitrogens with zero attached hydrogens (tertiary/aromatic N) is 4. The van der Waals surface area contributed by atoms with Gasteiger partial charge in [0.05, 0.1) is 17.5 Å². The van der Waals surface area contributed by atoms with Crippen molar-refractivity contribution < 1.29 is 4.79 Å². The van der Waals surface area contributed by atoms with E-state index in [1.165, 1.54) is 11.8 Å². The molecule has 0 bridgehead atoms. The summed E-state index contributed by atoms with van der Waals surface area (Å²) in [5.41, 5.74) is 4.39. The second-order valence-corrected chi connectivity index (χ2v) is 6.02. The Labute approximate surface area is 137 Å². The molecular weight excluding hydrogens is 322 g/mol. The molecule has 0 fully saturated rings. The number of halogens is 1. The minimum Gasteiger partial charge on any atom is -0.294 e. The van der Waals surface area contributed by atoms with Crippen molar-refractivity contribution >= 4 is 40.1 Å². The Morgan fingerprint density at radius 1 is 1.50 bits per heavy atom. The number of carbonyl (C=O) groups excluding carboxylic acids is 1. The lowest BCUT2D eigenvalue weighted by molar-refractivity contribution is -0.122. The van der Waals surface area contributed by atoms with Gasteiger partial charge in [-0.3, -0.25) is 20.0 Å². The molecule has 22 heavy (non-hydrogen) atoms. The highest BCUT2D eigenvalue weighted by atomic mass is 35.5. The first-order valence-electron chi connectivity index (χ1n) is 6.51. The zero-order valence-electron chi connectivity index (χ0n) is 11.7. The number of nitrogens with one attached hydrogen (secondary N) is 1. The molecular formula is C14H12ClN5OS. The molecule has 2 aliphatic rings. The smallest absolute Gasteiger partial charge is 0.276 e. The van der Waals surface area contributed by atoms with Crippen LogP contribution in [0.25, 0.3) is 0 Å². The minimum absolute atomic E-state index is 0.149. The SMILES string of the molecule is Cc1c(Cl)cccc1N1C=CN2C(SCC#N)=NNC2C1=O. The fraction of sp³-hybridized carbons (Fsp3) is 0.214. The van der Waals surface area contributed by atoms with Crippen LogP contribution in [0.1, 0.15) is 5.56 Å². The summed E-state index contributed by atoms with van der Waals surface area (Å²) in [7, 11) is 0. The van der Waals surface area contributed by atoms with Crippen molar-refractivity contribution in [2.45, 2.75) is 13.1 Å². The van der Waals surface area contributed by atoms with E-state index in [1.807, 2.05) is 25.1 Å². The lowest BCUT2D eigenvalue weighted by atomic mass is 10.1. The van der Waals surface area contributed by atoms with Crippen LogP contribution >= 0.6 is 23.4 Å². The van der Waals surface area contributed by atoms with Crippen molar-refractivity contribution in [1.82, 2.24) is 10.3 Å². The van der Waals surface area contributed by atoms with Crippen LogP contribution in [-0.2, 0) is 4.79 Å². The average molecular weight is 334 g/mol. The van der Waals surface area contributed by atoms with Crippen molar-refractivity contribution in [2.24, 2.45) is 5.10 Å². The molecule has 2 aliphatic heterocycles. The molecule has 0 saturated heterocycles. The van der Waals surface area contributed by atoms with Crippen LogP contribution in [0, 0.1) is 18.3 Å². The average Bonchev–Trinajstić information content (AvgIpc) is 2.93. The number of anilines is 1. The summed E-state index contributed by atoms with van der Waals surface area (Å²) in [6.07, 6.45) is 2.87. The van der Waals surface area contributed by atoms with E-state index in [-0.39, 0.29) is 11.7 Å². The number of nitriles is 1. The van der Waals surface area contributed by atoms with Crippen molar-refractivity contribution in [3.63, 3.8) is 0 Å². The van der Waals surface area contributed by atoms with Gasteiger partial charge in [-0.05, 0) is 24.6 Å². The number of thioether (sulfide) groups is 1. The van der Waals surface area contributed by atoms with Gasteiger partial charge >= 0.3 is 0 Å². The third kappa shape index (κ3) is 2.40. The number of rotatable bonds is 2. The van der Waals surface area contributed by atoms with Gasteiger partial charge in [-0.15, -0.1) is 0 Å². The summed E-state index contributed by atoms with van der Waals surface area (Å²) >= 11 is 7.41. The number of hydrogen-bond donors (Lipinski definition) is 1. The number of hydrazone groups is 1. The maximum Gasteiger partial charge on any atom is 0.276 e. The molecule has 1 amide bonds. The van der Waals surface area contributed by atoms with Gasteiger partial charge in [0.15, 0.2) is 5.17 Å². The predicted octanol–water partition coefficient (Wildman–Crippen LogP) is 2.23. The van der Waals surface area contributed by atoms with Gasteiger partial charge in [-0.2, -0.15) is 10.4 Å². The molecule has 112 valence electrons. The minimum atomic E-state index is -0.593. The maximum atomic E-state index is 12.7. The van der Waals surface area contributed by atoms with Crippen LogP contribution in [0.15, 0.2) is 35.7 Å². The summed E-state index contributed by atoms with van der Waals surface area (Å²) in [5, 5.41) is 14.0. The van der Waals surface area contributed by atoms with E-state index in [0.717, 1.165) is 11.3 Å². The Balaban J connectivity index is 1.88. The number of carbonyl (C=O) groups is 1. The first kappa shape index (κ1) is 14.8. The monoisotopic (exact) mass is 333 g/mol.